The zero-order valence-corrected chi connectivity index (χ0v) is 14.1. The Labute approximate surface area is 128 Å². The Hall–Kier alpha value is -0.510. The number of nitrogens with zero attached hydrogens (tertiary/aromatic N) is 1. The molecule has 0 spiro atoms. The zero-order chi connectivity index (χ0) is 14.6. The van der Waals surface area contributed by atoms with Gasteiger partial charge in [-0.25, -0.2) is 0 Å². The summed E-state index contributed by atoms with van der Waals surface area (Å²) >= 11 is 2.10. The summed E-state index contributed by atoms with van der Waals surface area (Å²) in [6.45, 7) is 13.6. The first kappa shape index (κ1) is 15.9. The van der Waals surface area contributed by atoms with Crippen molar-refractivity contribution in [2.24, 2.45) is 0 Å². The van der Waals surface area contributed by atoms with Crippen LogP contribution in [0, 0.1) is 0 Å². The quantitative estimate of drug-likeness (QED) is 0.894. The van der Waals surface area contributed by atoms with E-state index in [1.807, 2.05) is 0 Å². The Kier molecular flexibility index (Phi) is 5.53. The van der Waals surface area contributed by atoms with Gasteiger partial charge in [-0.2, -0.15) is 11.8 Å². The monoisotopic (exact) mass is 292 g/mol. The third-order valence-corrected chi connectivity index (χ3v) is 5.02. The summed E-state index contributed by atoms with van der Waals surface area (Å²) in [4.78, 5) is 2.60. The van der Waals surface area contributed by atoms with Crippen molar-refractivity contribution in [3.05, 3.63) is 35.4 Å². The van der Waals surface area contributed by atoms with E-state index in [4.69, 9.17) is 0 Å². The van der Waals surface area contributed by atoms with Gasteiger partial charge in [0.05, 0.1) is 0 Å². The van der Waals surface area contributed by atoms with Crippen molar-refractivity contribution in [1.82, 2.24) is 10.2 Å². The highest BCUT2D eigenvalue weighted by Gasteiger charge is 2.27. The maximum atomic E-state index is 3.53. The van der Waals surface area contributed by atoms with Crippen LogP contribution in [0.2, 0.25) is 0 Å². The van der Waals surface area contributed by atoms with Crippen LogP contribution in [0.4, 0.5) is 0 Å². The second kappa shape index (κ2) is 6.97. The largest absolute Gasteiger partial charge is 0.310 e. The first-order valence-corrected chi connectivity index (χ1v) is 8.61. The van der Waals surface area contributed by atoms with Gasteiger partial charge in [0.1, 0.15) is 0 Å². The lowest BCUT2D eigenvalue weighted by Gasteiger charge is -2.37. The number of thioether (sulfide) groups is 1. The second-order valence-corrected chi connectivity index (χ2v) is 8.43. The van der Waals surface area contributed by atoms with Gasteiger partial charge in [0, 0.05) is 42.7 Å². The minimum atomic E-state index is 0.392. The molecule has 1 aliphatic rings. The van der Waals surface area contributed by atoms with Crippen LogP contribution in [-0.4, -0.2) is 34.5 Å². The maximum Gasteiger partial charge on any atom is 0.0237 e. The first-order chi connectivity index (χ1) is 9.46. The molecule has 0 radical (unpaired) electrons. The topological polar surface area (TPSA) is 15.3 Å². The average Bonchev–Trinajstić information content (AvgIpc) is 2.36. The van der Waals surface area contributed by atoms with Crippen LogP contribution in [0.25, 0.3) is 0 Å². The molecule has 1 aromatic carbocycles. The van der Waals surface area contributed by atoms with E-state index in [-0.39, 0.29) is 0 Å². The van der Waals surface area contributed by atoms with Crippen molar-refractivity contribution in [2.75, 3.05) is 18.8 Å². The van der Waals surface area contributed by atoms with Crippen molar-refractivity contribution in [3.63, 3.8) is 0 Å². The Balaban J connectivity index is 2.01. The molecule has 1 heterocycles. The molecular weight excluding hydrogens is 264 g/mol. The van der Waals surface area contributed by atoms with Gasteiger partial charge in [-0.1, -0.05) is 38.1 Å². The van der Waals surface area contributed by atoms with Gasteiger partial charge in [0.15, 0.2) is 0 Å². The molecule has 1 aliphatic heterocycles. The van der Waals surface area contributed by atoms with Crippen molar-refractivity contribution >= 4 is 11.8 Å². The fourth-order valence-corrected chi connectivity index (χ4v) is 3.86. The molecule has 0 amide bonds. The molecule has 0 bridgehead atoms. The fourth-order valence-electron chi connectivity index (χ4n) is 2.69. The smallest absolute Gasteiger partial charge is 0.0237 e. The molecule has 1 fully saturated rings. The molecule has 0 saturated carbocycles. The van der Waals surface area contributed by atoms with E-state index < -0.39 is 0 Å². The van der Waals surface area contributed by atoms with Gasteiger partial charge in [0.25, 0.3) is 0 Å². The number of nitrogens with one attached hydrogen (secondary N) is 1. The minimum Gasteiger partial charge on any atom is -0.310 e. The van der Waals surface area contributed by atoms with E-state index in [1.165, 1.54) is 30.0 Å². The number of benzene rings is 1. The molecule has 3 heteroatoms. The lowest BCUT2D eigenvalue weighted by Crippen LogP contribution is -2.42. The zero-order valence-electron chi connectivity index (χ0n) is 13.3. The van der Waals surface area contributed by atoms with Crippen LogP contribution in [0.15, 0.2) is 24.3 Å². The maximum absolute atomic E-state index is 3.53. The van der Waals surface area contributed by atoms with Crippen LogP contribution in [-0.2, 0) is 13.1 Å². The molecule has 1 N–H and O–H groups in total. The Morgan fingerprint density at radius 1 is 1.25 bits per heavy atom. The van der Waals surface area contributed by atoms with E-state index in [1.54, 1.807) is 0 Å². The fraction of sp³-hybridized carbons (Fsp3) is 0.647. The van der Waals surface area contributed by atoms with Crippen molar-refractivity contribution in [1.29, 1.82) is 0 Å². The Morgan fingerprint density at radius 3 is 2.60 bits per heavy atom. The molecule has 2 rings (SSSR count). The van der Waals surface area contributed by atoms with Gasteiger partial charge in [-0.3, -0.25) is 4.90 Å². The summed E-state index contributed by atoms with van der Waals surface area (Å²) in [6, 6.07) is 9.39. The summed E-state index contributed by atoms with van der Waals surface area (Å²) < 4.78 is 0.392. The van der Waals surface area contributed by atoms with E-state index in [2.05, 4.69) is 73.9 Å². The molecule has 20 heavy (non-hydrogen) atoms. The predicted molar refractivity (Wildman–Crippen MR) is 90.2 cm³/mol. The van der Waals surface area contributed by atoms with Crippen LogP contribution in [0.5, 0.6) is 0 Å². The summed E-state index contributed by atoms with van der Waals surface area (Å²) in [6.07, 6.45) is 0. The van der Waals surface area contributed by atoms with Gasteiger partial charge in [-0.05, 0) is 25.0 Å². The Bertz CT molecular complexity index is 429. The van der Waals surface area contributed by atoms with Gasteiger partial charge < -0.3 is 5.32 Å². The Morgan fingerprint density at radius 2 is 1.95 bits per heavy atom. The second-order valence-electron chi connectivity index (χ2n) is 6.62. The van der Waals surface area contributed by atoms with E-state index in [9.17, 15) is 0 Å². The summed E-state index contributed by atoms with van der Waals surface area (Å²) in [5.74, 6) is 1.25. The highest BCUT2D eigenvalue weighted by Crippen LogP contribution is 2.30. The minimum absolute atomic E-state index is 0.392. The standard InChI is InChI=1S/C17H28N2S/c1-14(2)18-11-15-7-5-6-8-16(15)12-19-9-10-20-17(3,4)13-19/h5-8,14,18H,9-13H2,1-4H3. The van der Waals surface area contributed by atoms with Crippen molar-refractivity contribution in [2.45, 2.75) is 51.6 Å². The van der Waals surface area contributed by atoms with Crippen LogP contribution in [0.1, 0.15) is 38.8 Å². The predicted octanol–water partition coefficient (Wildman–Crippen LogP) is 3.51. The lowest BCUT2D eigenvalue weighted by atomic mass is 10.1. The third kappa shape index (κ3) is 4.80. The molecule has 0 aromatic heterocycles. The van der Waals surface area contributed by atoms with Crippen molar-refractivity contribution in [3.8, 4) is 0 Å². The lowest BCUT2D eigenvalue weighted by molar-refractivity contribution is 0.251. The number of rotatable bonds is 5. The molecule has 112 valence electrons. The van der Waals surface area contributed by atoms with E-state index in [0.29, 0.717) is 10.8 Å². The molecule has 0 atom stereocenters. The first-order valence-electron chi connectivity index (χ1n) is 7.63. The van der Waals surface area contributed by atoms with Gasteiger partial charge in [0.2, 0.25) is 0 Å². The summed E-state index contributed by atoms with van der Waals surface area (Å²) in [5, 5.41) is 3.53. The molecule has 0 aliphatic carbocycles. The van der Waals surface area contributed by atoms with E-state index in [0.717, 1.165) is 13.1 Å². The average molecular weight is 292 g/mol. The summed E-state index contributed by atoms with van der Waals surface area (Å²) in [5.41, 5.74) is 2.92. The van der Waals surface area contributed by atoms with Crippen LogP contribution >= 0.6 is 11.8 Å². The van der Waals surface area contributed by atoms with Crippen LogP contribution in [0.3, 0.4) is 0 Å². The number of hydrogen-bond acceptors (Lipinski definition) is 3. The normalized spacial score (nSPS) is 19.4. The van der Waals surface area contributed by atoms with Crippen molar-refractivity contribution < 1.29 is 0 Å². The van der Waals surface area contributed by atoms with Gasteiger partial charge >= 0.3 is 0 Å². The molecule has 0 unspecified atom stereocenters. The number of hydrogen-bond donors (Lipinski definition) is 1. The van der Waals surface area contributed by atoms with Gasteiger partial charge in [-0.15, -0.1) is 0 Å². The molecule has 1 aromatic rings. The molecular formula is C17H28N2S. The molecule has 2 nitrogen and oxygen atoms in total. The SMILES string of the molecule is CC(C)NCc1ccccc1CN1CCSC(C)(C)C1. The van der Waals surface area contributed by atoms with Crippen LogP contribution < -0.4 is 5.32 Å². The highest BCUT2D eigenvalue weighted by molar-refractivity contribution is 8.00. The highest BCUT2D eigenvalue weighted by atomic mass is 32.2. The third-order valence-electron chi connectivity index (χ3n) is 3.72. The summed E-state index contributed by atoms with van der Waals surface area (Å²) in [7, 11) is 0. The van der Waals surface area contributed by atoms with E-state index >= 15 is 0 Å². The molecule has 1 saturated heterocycles.